The van der Waals surface area contributed by atoms with Crippen LogP contribution >= 0.6 is 11.6 Å². The number of carboxylic acid groups (broad SMARTS) is 1. The Balaban J connectivity index is 1.57. The van der Waals surface area contributed by atoms with E-state index in [2.05, 4.69) is 20.3 Å². The molecule has 0 saturated heterocycles. The highest BCUT2D eigenvalue weighted by Gasteiger charge is 2.39. The molecule has 0 amide bonds. The van der Waals surface area contributed by atoms with Crippen molar-refractivity contribution in [3.8, 4) is 0 Å². The quantitative estimate of drug-likeness (QED) is 0.219. The van der Waals surface area contributed by atoms with Gasteiger partial charge in [0.25, 0.3) is 0 Å². The molecule has 0 bridgehead atoms. The van der Waals surface area contributed by atoms with E-state index in [0.717, 1.165) is 31.7 Å². The normalized spacial score (nSPS) is 20.8. The third-order valence-electron chi connectivity index (χ3n) is 7.10. The fraction of sp³-hybridized carbons (Fsp3) is 0.296. The summed E-state index contributed by atoms with van der Waals surface area (Å²) in [6.45, 7) is 0. The van der Waals surface area contributed by atoms with Gasteiger partial charge in [-0.3, -0.25) is 4.99 Å². The van der Waals surface area contributed by atoms with Crippen LogP contribution in [0.5, 0.6) is 0 Å². The molecule has 1 fully saturated rings. The topological polar surface area (TPSA) is 127 Å². The van der Waals surface area contributed by atoms with Crippen molar-refractivity contribution in [1.29, 1.82) is 0 Å². The van der Waals surface area contributed by atoms with Crippen molar-refractivity contribution in [2.24, 2.45) is 10.9 Å². The number of pyridine rings is 1. The molecule has 214 valence electrons. The van der Waals surface area contributed by atoms with Gasteiger partial charge in [0, 0.05) is 23.2 Å². The van der Waals surface area contributed by atoms with Crippen molar-refractivity contribution in [2.45, 2.75) is 37.6 Å². The van der Waals surface area contributed by atoms with Gasteiger partial charge in [0.15, 0.2) is 34.9 Å². The van der Waals surface area contributed by atoms with Crippen LogP contribution in [0.1, 0.15) is 65.3 Å². The highest BCUT2D eigenvalue weighted by atomic mass is 35.5. The largest absolute Gasteiger partial charge is 0.476 e. The Morgan fingerprint density at radius 3 is 2.44 bits per heavy atom. The number of ether oxygens (including phenoxy) is 1. The molecule has 1 saturated carbocycles. The van der Waals surface area contributed by atoms with E-state index in [1.165, 1.54) is 0 Å². The highest BCUT2D eigenvalue weighted by molar-refractivity contribution is 6.31. The summed E-state index contributed by atoms with van der Waals surface area (Å²) in [5.41, 5.74) is -0.451. The minimum atomic E-state index is -1.36. The maximum absolute atomic E-state index is 14.8. The number of carbonyl (C=O) groups excluding carboxylic acids is 1. The molecule has 2 N–H and O–H groups in total. The summed E-state index contributed by atoms with van der Waals surface area (Å²) >= 11 is 6.16. The molecular weight excluding hydrogens is 572 g/mol. The Morgan fingerprint density at radius 1 is 1.10 bits per heavy atom. The predicted octanol–water partition coefficient (Wildman–Crippen LogP) is 5.47. The van der Waals surface area contributed by atoms with Gasteiger partial charge in [0.1, 0.15) is 23.8 Å². The van der Waals surface area contributed by atoms with Crippen LogP contribution in [0.2, 0.25) is 5.02 Å². The number of allylic oxidation sites excluding steroid dienone is 1. The summed E-state index contributed by atoms with van der Waals surface area (Å²) in [5, 5.41) is 11.5. The first-order valence-electron chi connectivity index (χ1n) is 12.4. The van der Waals surface area contributed by atoms with Gasteiger partial charge in [0.2, 0.25) is 0 Å². The first-order valence-corrected chi connectivity index (χ1v) is 12.8. The molecule has 2 aliphatic rings. The number of aliphatic imine (C=N–C) groups is 1. The Hall–Kier alpha value is -4.26. The number of benzene rings is 1. The second kappa shape index (κ2) is 11.3. The van der Waals surface area contributed by atoms with E-state index in [9.17, 15) is 27.2 Å². The van der Waals surface area contributed by atoms with Crippen molar-refractivity contribution >= 4 is 29.4 Å². The van der Waals surface area contributed by atoms with E-state index in [1.54, 1.807) is 0 Å². The maximum Gasteiger partial charge on any atom is 0.357 e. The zero-order valence-corrected chi connectivity index (χ0v) is 22.0. The fourth-order valence-corrected chi connectivity index (χ4v) is 5.37. The molecule has 0 radical (unpaired) electrons. The van der Waals surface area contributed by atoms with E-state index in [4.69, 9.17) is 25.9 Å². The van der Waals surface area contributed by atoms with Gasteiger partial charge in [-0.2, -0.15) is 0 Å². The van der Waals surface area contributed by atoms with Crippen LogP contribution in [0.25, 0.3) is 0 Å². The minimum Gasteiger partial charge on any atom is -0.476 e. The number of nitrogens with one attached hydrogen (secondary N) is 1. The van der Waals surface area contributed by atoms with Crippen LogP contribution in [0.15, 0.2) is 51.3 Å². The number of nitrogens with zero attached hydrogens (tertiary/aromatic N) is 3. The zero-order chi connectivity index (χ0) is 29.4. The van der Waals surface area contributed by atoms with Crippen molar-refractivity contribution < 1.29 is 41.4 Å². The van der Waals surface area contributed by atoms with Gasteiger partial charge in [-0.25, -0.2) is 37.1 Å². The third kappa shape index (κ3) is 5.41. The van der Waals surface area contributed by atoms with Crippen LogP contribution in [0.3, 0.4) is 0 Å². The van der Waals surface area contributed by atoms with Gasteiger partial charge in [0.05, 0.1) is 23.9 Å². The number of oxazole rings is 1. The number of methoxy groups -OCH3 is 1. The third-order valence-corrected chi connectivity index (χ3v) is 7.48. The average Bonchev–Trinajstić information content (AvgIpc) is 3.46. The second-order valence-electron chi connectivity index (χ2n) is 9.50. The van der Waals surface area contributed by atoms with Crippen molar-refractivity contribution in [3.05, 3.63) is 93.1 Å². The number of amidine groups is 1. The highest BCUT2D eigenvalue weighted by Crippen LogP contribution is 2.44. The SMILES string of the molecule is COC(=O)C1=C([C@H]2CC[C@H](c3nc(C(=O)O)co3)CC2)NC(c2ncc(F)cc2F)=NC1c1ccc(F)c(F)c1Cl. The summed E-state index contributed by atoms with van der Waals surface area (Å²) < 4.78 is 67.3. The molecule has 2 aromatic heterocycles. The predicted molar refractivity (Wildman–Crippen MR) is 135 cm³/mol. The lowest BCUT2D eigenvalue weighted by atomic mass is 9.78. The van der Waals surface area contributed by atoms with E-state index in [-0.39, 0.29) is 51.8 Å². The molecule has 1 aliphatic heterocycles. The molecule has 1 atom stereocenters. The average molecular weight is 593 g/mol. The monoisotopic (exact) mass is 592 g/mol. The molecule has 14 heteroatoms. The molecule has 5 rings (SSSR count). The summed E-state index contributed by atoms with van der Waals surface area (Å²) in [6.07, 6.45) is 3.68. The molecule has 3 aromatic rings. The smallest absolute Gasteiger partial charge is 0.357 e. The van der Waals surface area contributed by atoms with Crippen LogP contribution in [0, 0.1) is 29.2 Å². The van der Waals surface area contributed by atoms with Gasteiger partial charge in [-0.05, 0) is 37.7 Å². The zero-order valence-electron chi connectivity index (χ0n) is 21.3. The number of carbonyl (C=O) groups is 2. The summed E-state index contributed by atoms with van der Waals surface area (Å²) in [6, 6.07) is 1.24. The van der Waals surface area contributed by atoms with Crippen molar-refractivity contribution in [3.63, 3.8) is 0 Å². The molecular formula is C27H21ClF4N4O5. The molecule has 9 nitrogen and oxygen atoms in total. The number of rotatable bonds is 6. The van der Waals surface area contributed by atoms with Gasteiger partial charge in [-0.15, -0.1) is 0 Å². The van der Waals surface area contributed by atoms with E-state index in [0.29, 0.717) is 31.7 Å². The van der Waals surface area contributed by atoms with E-state index >= 15 is 0 Å². The number of hydrogen-bond acceptors (Lipinski definition) is 8. The standard InChI is InChI=1S/C27H21ClF4N4O5/c1-40-27(39)18-21(11-2-4-12(5-3-11)25-34-17(10-41-25)26(37)38)35-24(23-16(31)8-13(29)9-33-23)36-22(18)14-6-7-15(30)20(32)19(14)28/h6-12,22H,2-5H2,1H3,(H,35,36)(H,37,38)/t11-,12-,22?. The Morgan fingerprint density at radius 2 is 1.80 bits per heavy atom. The van der Waals surface area contributed by atoms with Crippen LogP contribution in [-0.4, -0.2) is 40.0 Å². The lowest BCUT2D eigenvalue weighted by molar-refractivity contribution is -0.136. The second-order valence-corrected chi connectivity index (χ2v) is 9.88. The Bertz CT molecular complexity index is 1600. The number of hydrogen-bond donors (Lipinski definition) is 2. The molecule has 41 heavy (non-hydrogen) atoms. The van der Waals surface area contributed by atoms with Crippen LogP contribution in [-0.2, 0) is 9.53 Å². The number of aromatic carboxylic acids is 1. The van der Waals surface area contributed by atoms with Crippen molar-refractivity contribution in [1.82, 2.24) is 15.3 Å². The number of aromatic nitrogens is 2. The maximum atomic E-state index is 14.8. The van der Waals surface area contributed by atoms with Gasteiger partial charge < -0.3 is 19.6 Å². The fourth-order valence-electron chi connectivity index (χ4n) is 5.11. The van der Waals surface area contributed by atoms with E-state index in [1.807, 2.05) is 0 Å². The van der Waals surface area contributed by atoms with Crippen LogP contribution in [0.4, 0.5) is 17.6 Å². The molecule has 1 unspecified atom stereocenters. The first-order chi connectivity index (χ1) is 19.6. The van der Waals surface area contributed by atoms with Gasteiger partial charge >= 0.3 is 11.9 Å². The number of halogens is 5. The first kappa shape index (κ1) is 28.3. The Labute approximate surface area is 234 Å². The lowest BCUT2D eigenvalue weighted by Crippen LogP contribution is -2.38. The molecule has 0 spiro atoms. The number of esters is 1. The van der Waals surface area contributed by atoms with E-state index < -0.39 is 46.3 Å². The van der Waals surface area contributed by atoms with Crippen molar-refractivity contribution in [2.75, 3.05) is 7.11 Å². The number of carboxylic acids is 1. The molecule has 3 heterocycles. The lowest BCUT2D eigenvalue weighted by Gasteiger charge is -2.34. The molecule has 1 aliphatic carbocycles. The minimum absolute atomic E-state index is 0.0561. The van der Waals surface area contributed by atoms with Gasteiger partial charge in [-0.1, -0.05) is 17.7 Å². The molecule has 1 aromatic carbocycles. The summed E-state index contributed by atoms with van der Waals surface area (Å²) in [5.74, 6) is -7.10. The van der Waals surface area contributed by atoms with Crippen LogP contribution < -0.4 is 5.32 Å². The Kier molecular flexibility index (Phi) is 7.80. The summed E-state index contributed by atoms with van der Waals surface area (Å²) in [7, 11) is 1.14. The summed E-state index contributed by atoms with van der Waals surface area (Å²) in [4.78, 5) is 36.6.